The monoisotopic (exact) mass is 440 g/mol. The van der Waals surface area contributed by atoms with E-state index in [-0.39, 0.29) is 24.3 Å². The third-order valence-corrected chi connectivity index (χ3v) is 4.23. The van der Waals surface area contributed by atoms with Gasteiger partial charge in [0.15, 0.2) is 52.4 Å². The molecule has 3 aromatic rings. The first kappa shape index (κ1) is 21.7. The maximum Gasteiger partial charge on any atom is 0.261 e. The molecule has 0 fully saturated rings. The van der Waals surface area contributed by atoms with Gasteiger partial charge in [-0.1, -0.05) is 0 Å². The van der Waals surface area contributed by atoms with Crippen LogP contribution in [-0.4, -0.2) is 6.71 Å². The highest BCUT2D eigenvalue weighted by Crippen LogP contribution is 2.19. The van der Waals surface area contributed by atoms with Crippen molar-refractivity contribution in [1.29, 1.82) is 0 Å². The average Bonchev–Trinajstić information content (AvgIpc) is 2.69. The fourth-order valence-corrected chi connectivity index (χ4v) is 2.92. The van der Waals surface area contributed by atoms with Crippen molar-refractivity contribution in [2.75, 3.05) is 0 Å². The maximum absolute atomic E-state index is 14.4. The zero-order valence-electron chi connectivity index (χ0n) is 14.0. The maximum atomic E-state index is 14.4. The van der Waals surface area contributed by atoms with Crippen LogP contribution in [0, 0.1) is 64.0 Å². The summed E-state index contributed by atoms with van der Waals surface area (Å²) in [5.41, 5.74) is -5.32. The first-order chi connectivity index (χ1) is 14.0. The Bertz CT molecular complexity index is 1150. The van der Waals surface area contributed by atoms with Crippen molar-refractivity contribution in [2.24, 2.45) is 0 Å². The fourth-order valence-electron chi connectivity index (χ4n) is 2.92. The minimum absolute atomic E-state index is 0.0188. The summed E-state index contributed by atoms with van der Waals surface area (Å²) < 4.78 is 153. The Kier molecular flexibility index (Phi) is 5.53. The Hall–Kier alpha value is -3.05. The van der Waals surface area contributed by atoms with E-state index in [4.69, 9.17) is 0 Å². The number of rotatable bonds is 3. The van der Waals surface area contributed by atoms with Gasteiger partial charge in [0.25, 0.3) is 6.71 Å². The smallest absolute Gasteiger partial charge is 0.207 e. The van der Waals surface area contributed by atoms with Gasteiger partial charge in [-0.05, 0) is 23.7 Å². The SMILES string of the molecule is Fc1cc(F)c(F)c(B(c2c(F)ccc(F)c2F)c2c(F)c(F)c(F)c(F)c2F)c1. The second-order valence-corrected chi connectivity index (χ2v) is 5.96. The van der Waals surface area contributed by atoms with E-state index in [0.29, 0.717) is 0 Å². The van der Waals surface area contributed by atoms with Crippen molar-refractivity contribution in [3.63, 3.8) is 0 Å². The lowest BCUT2D eigenvalue weighted by Gasteiger charge is -2.20. The van der Waals surface area contributed by atoms with Crippen LogP contribution in [0.15, 0.2) is 24.3 Å². The zero-order valence-corrected chi connectivity index (χ0v) is 14.0. The van der Waals surface area contributed by atoms with Crippen LogP contribution in [0.2, 0.25) is 0 Å². The molecule has 3 rings (SSSR count). The second-order valence-electron chi connectivity index (χ2n) is 5.96. The van der Waals surface area contributed by atoms with Crippen LogP contribution in [0.25, 0.3) is 0 Å². The molecule has 0 aliphatic carbocycles. The lowest BCUT2D eigenvalue weighted by atomic mass is 9.36. The zero-order chi connectivity index (χ0) is 22.5. The molecule has 3 aromatic carbocycles. The van der Waals surface area contributed by atoms with Crippen LogP contribution in [0.4, 0.5) is 48.3 Å². The normalized spacial score (nSPS) is 11.2. The van der Waals surface area contributed by atoms with E-state index < -0.39 is 87.1 Å². The number of halogens is 11. The molecule has 30 heavy (non-hydrogen) atoms. The first-order valence-electron chi connectivity index (χ1n) is 7.76. The van der Waals surface area contributed by atoms with Crippen LogP contribution in [0.3, 0.4) is 0 Å². The third kappa shape index (κ3) is 3.29. The average molecular weight is 440 g/mol. The van der Waals surface area contributed by atoms with Crippen LogP contribution in [0.5, 0.6) is 0 Å². The highest BCUT2D eigenvalue weighted by atomic mass is 19.2. The Morgan fingerprint density at radius 2 is 0.933 bits per heavy atom. The topological polar surface area (TPSA) is 0 Å². The molecule has 0 aliphatic rings. The lowest BCUT2D eigenvalue weighted by Crippen LogP contribution is -2.59. The molecule has 0 nitrogen and oxygen atoms in total. The molecule has 0 spiro atoms. The molecule has 156 valence electrons. The van der Waals surface area contributed by atoms with Gasteiger partial charge in [0.1, 0.15) is 11.6 Å². The van der Waals surface area contributed by atoms with Gasteiger partial charge in [-0.15, -0.1) is 0 Å². The van der Waals surface area contributed by atoms with E-state index in [2.05, 4.69) is 0 Å². The Labute approximate surface area is 160 Å². The minimum atomic E-state index is -2.99. The van der Waals surface area contributed by atoms with E-state index in [1.165, 1.54) is 0 Å². The van der Waals surface area contributed by atoms with Gasteiger partial charge >= 0.3 is 0 Å². The minimum Gasteiger partial charge on any atom is -0.207 e. The largest absolute Gasteiger partial charge is 0.261 e. The van der Waals surface area contributed by atoms with Gasteiger partial charge in [0.2, 0.25) is 0 Å². The summed E-state index contributed by atoms with van der Waals surface area (Å²) in [5, 5.41) is 0. The standard InChI is InChI=1S/C18H4BF11/c20-5-3-6(12(24)9(23)4-5)19(10-7(21)1-2-8(22)13(10)25)11-14(26)16(28)18(30)17(29)15(11)27/h1-4H. The quantitative estimate of drug-likeness (QED) is 0.252. The van der Waals surface area contributed by atoms with Gasteiger partial charge in [0.05, 0.1) is 0 Å². The number of hydrogen-bond acceptors (Lipinski definition) is 0. The van der Waals surface area contributed by atoms with E-state index in [0.717, 1.165) is 0 Å². The van der Waals surface area contributed by atoms with E-state index in [1.807, 2.05) is 0 Å². The summed E-state index contributed by atoms with van der Waals surface area (Å²) >= 11 is 0. The van der Waals surface area contributed by atoms with E-state index in [9.17, 15) is 48.3 Å². The van der Waals surface area contributed by atoms with Crippen molar-refractivity contribution in [2.45, 2.75) is 0 Å². The second kappa shape index (κ2) is 7.65. The number of benzene rings is 3. The van der Waals surface area contributed by atoms with Gasteiger partial charge in [0, 0.05) is 17.0 Å². The molecular formula is C18H4BF11. The molecule has 0 aliphatic heterocycles. The number of hydrogen-bond donors (Lipinski definition) is 0. The highest BCUT2D eigenvalue weighted by molar-refractivity contribution is 6.95. The summed E-state index contributed by atoms with van der Waals surface area (Å²) in [6, 6.07) is 0.393. The molecule has 0 heterocycles. The fraction of sp³-hybridized carbons (Fsp3) is 0. The van der Waals surface area contributed by atoms with Gasteiger partial charge < -0.3 is 0 Å². The highest BCUT2D eigenvalue weighted by Gasteiger charge is 2.40. The molecule has 0 unspecified atom stereocenters. The van der Waals surface area contributed by atoms with Crippen LogP contribution in [-0.2, 0) is 0 Å². The summed E-state index contributed by atoms with van der Waals surface area (Å²) in [6.45, 7) is -2.99. The third-order valence-electron chi connectivity index (χ3n) is 4.23. The molecule has 0 aromatic heterocycles. The molecule has 0 bridgehead atoms. The Morgan fingerprint density at radius 3 is 1.50 bits per heavy atom. The summed E-state index contributed by atoms with van der Waals surface area (Å²) in [5.74, 6) is -24.7. The van der Waals surface area contributed by atoms with Crippen LogP contribution >= 0.6 is 0 Å². The molecule has 0 saturated heterocycles. The van der Waals surface area contributed by atoms with Crippen molar-refractivity contribution < 1.29 is 48.3 Å². The molecule has 0 amide bonds. The van der Waals surface area contributed by atoms with Crippen LogP contribution < -0.4 is 16.4 Å². The Balaban J connectivity index is 2.54. The predicted molar refractivity (Wildman–Crippen MR) is 83.5 cm³/mol. The molecule has 0 radical (unpaired) electrons. The summed E-state index contributed by atoms with van der Waals surface area (Å²) in [7, 11) is 0. The van der Waals surface area contributed by atoms with E-state index in [1.54, 1.807) is 0 Å². The van der Waals surface area contributed by atoms with Crippen molar-refractivity contribution >= 4 is 23.1 Å². The van der Waals surface area contributed by atoms with Crippen molar-refractivity contribution in [1.82, 2.24) is 0 Å². The predicted octanol–water partition coefficient (Wildman–Crippen LogP) is 3.73. The molecule has 12 heteroatoms. The molecular weight excluding hydrogens is 436 g/mol. The lowest BCUT2D eigenvalue weighted by molar-refractivity contribution is 0.384. The molecule has 0 N–H and O–H groups in total. The summed E-state index contributed by atoms with van der Waals surface area (Å²) in [6.07, 6.45) is 0. The van der Waals surface area contributed by atoms with Crippen LogP contribution in [0.1, 0.15) is 0 Å². The molecule has 0 saturated carbocycles. The summed E-state index contributed by atoms with van der Waals surface area (Å²) in [4.78, 5) is 0. The van der Waals surface area contributed by atoms with Gasteiger partial charge in [-0.3, -0.25) is 0 Å². The first-order valence-corrected chi connectivity index (χ1v) is 7.76. The Morgan fingerprint density at radius 1 is 0.433 bits per heavy atom. The van der Waals surface area contributed by atoms with Crippen molar-refractivity contribution in [3.8, 4) is 0 Å². The van der Waals surface area contributed by atoms with Crippen molar-refractivity contribution in [3.05, 3.63) is 88.3 Å². The van der Waals surface area contributed by atoms with E-state index >= 15 is 0 Å². The van der Waals surface area contributed by atoms with Gasteiger partial charge in [-0.25, -0.2) is 48.3 Å². The van der Waals surface area contributed by atoms with Gasteiger partial charge in [-0.2, -0.15) is 0 Å². The molecule has 0 atom stereocenters.